The van der Waals surface area contributed by atoms with Crippen LogP contribution >= 0.6 is 11.6 Å². The zero-order valence-electron chi connectivity index (χ0n) is 9.27. The SMILES string of the molecule is Nc1ccc(CN[C@H]2CS(=O)(=O)C[C@@H]2Cl)cc1. The zero-order valence-corrected chi connectivity index (χ0v) is 10.8. The van der Waals surface area contributed by atoms with Gasteiger partial charge in [0.05, 0.1) is 16.9 Å². The molecule has 0 aromatic heterocycles. The molecule has 0 saturated carbocycles. The number of halogens is 1. The summed E-state index contributed by atoms with van der Waals surface area (Å²) in [6.45, 7) is 0.601. The summed E-state index contributed by atoms with van der Waals surface area (Å²) < 4.78 is 22.7. The molecule has 6 heteroatoms. The van der Waals surface area contributed by atoms with Gasteiger partial charge in [-0.05, 0) is 17.7 Å². The second kappa shape index (κ2) is 4.84. The number of nitrogen functional groups attached to an aromatic ring is 1. The second-order valence-corrected chi connectivity index (χ2v) is 7.04. The van der Waals surface area contributed by atoms with Crippen LogP contribution in [-0.2, 0) is 16.4 Å². The van der Waals surface area contributed by atoms with Gasteiger partial charge in [-0.25, -0.2) is 8.42 Å². The minimum absolute atomic E-state index is 0.0635. The Hall–Kier alpha value is -0.780. The van der Waals surface area contributed by atoms with Crippen molar-refractivity contribution >= 4 is 27.1 Å². The van der Waals surface area contributed by atoms with Gasteiger partial charge in [0, 0.05) is 18.3 Å². The summed E-state index contributed by atoms with van der Waals surface area (Å²) in [6, 6.07) is 7.30. The minimum Gasteiger partial charge on any atom is -0.399 e. The van der Waals surface area contributed by atoms with E-state index in [4.69, 9.17) is 17.3 Å². The van der Waals surface area contributed by atoms with Crippen LogP contribution in [0.15, 0.2) is 24.3 Å². The van der Waals surface area contributed by atoms with Gasteiger partial charge in [-0.1, -0.05) is 12.1 Å². The van der Waals surface area contributed by atoms with Gasteiger partial charge in [-0.15, -0.1) is 11.6 Å². The molecule has 17 heavy (non-hydrogen) atoms. The fraction of sp³-hybridized carbons (Fsp3) is 0.455. The van der Waals surface area contributed by atoms with E-state index in [1.54, 1.807) is 0 Å². The summed E-state index contributed by atoms with van der Waals surface area (Å²) >= 11 is 5.99. The Balaban J connectivity index is 1.93. The van der Waals surface area contributed by atoms with Crippen LogP contribution in [0, 0.1) is 0 Å². The molecule has 94 valence electrons. The number of nitrogens with one attached hydrogen (secondary N) is 1. The molecule has 1 aliphatic rings. The first-order valence-corrected chi connectivity index (χ1v) is 7.64. The summed E-state index contributed by atoms with van der Waals surface area (Å²) in [4.78, 5) is 0. The van der Waals surface area contributed by atoms with Gasteiger partial charge in [-0.2, -0.15) is 0 Å². The fourth-order valence-electron chi connectivity index (χ4n) is 1.88. The van der Waals surface area contributed by atoms with E-state index in [9.17, 15) is 8.42 Å². The molecule has 0 amide bonds. The van der Waals surface area contributed by atoms with Gasteiger partial charge in [0.15, 0.2) is 9.84 Å². The first kappa shape index (κ1) is 12.7. The molecule has 1 aromatic carbocycles. The number of nitrogens with two attached hydrogens (primary N) is 1. The summed E-state index contributed by atoms with van der Waals surface area (Å²) in [6.07, 6.45) is 0. The molecule has 1 aromatic rings. The molecule has 3 N–H and O–H groups in total. The molecule has 2 rings (SSSR count). The summed E-state index contributed by atoms with van der Waals surface area (Å²) in [7, 11) is -2.97. The second-order valence-electron chi connectivity index (χ2n) is 4.32. The zero-order chi connectivity index (χ0) is 12.5. The molecule has 0 radical (unpaired) electrons. The predicted molar refractivity (Wildman–Crippen MR) is 69.8 cm³/mol. The lowest BCUT2D eigenvalue weighted by molar-refractivity contribution is 0.558. The van der Waals surface area contributed by atoms with Crippen LogP contribution in [0.5, 0.6) is 0 Å². The third-order valence-corrected chi connectivity index (χ3v) is 5.21. The fourth-order valence-corrected chi connectivity index (χ4v) is 4.49. The van der Waals surface area contributed by atoms with Gasteiger partial charge < -0.3 is 11.1 Å². The summed E-state index contributed by atoms with van der Waals surface area (Å²) in [5.41, 5.74) is 7.36. The standard InChI is InChI=1S/C11H15ClN2O2S/c12-10-6-17(15,16)7-11(10)14-5-8-1-3-9(13)4-2-8/h1-4,10-11,14H,5-7,13H2/t10-,11-/m0/s1. The van der Waals surface area contributed by atoms with Gasteiger partial charge in [0.1, 0.15) is 0 Å². The van der Waals surface area contributed by atoms with E-state index in [1.165, 1.54) is 0 Å². The highest BCUT2D eigenvalue weighted by Crippen LogP contribution is 2.18. The normalized spacial score (nSPS) is 27.1. The Morgan fingerprint density at radius 3 is 2.47 bits per heavy atom. The van der Waals surface area contributed by atoms with E-state index >= 15 is 0 Å². The Morgan fingerprint density at radius 2 is 1.94 bits per heavy atom. The molecule has 4 nitrogen and oxygen atoms in total. The van der Waals surface area contributed by atoms with Gasteiger partial charge in [0.25, 0.3) is 0 Å². The van der Waals surface area contributed by atoms with E-state index in [-0.39, 0.29) is 22.9 Å². The average molecular weight is 275 g/mol. The maximum absolute atomic E-state index is 11.4. The molecular formula is C11H15ClN2O2S. The van der Waals surface area contributed by atoms with Crippen molar-refractivity contribution in [2.75, 3.05) is 17.2 Å². The molecule has 0 spiro atoms. The Kier molecular flexibility index (Phi) is 3.61. The van der Waals surface area contributed by atoms with Crippen molar-refractivity contribution in [3.05, 3.63) is 29.8 Å². The van der Waals surface area contributed by atoms with Crippen LogP contribution in [0.4, 0.5) is 5.69 Å². The number of benzene rings is 1. The summed E-state index contributed by atoms with van der Waals surface area (Å²) in [5.74, 6) is 0.185. The van der Waals surface area contributed by atoms with E-state index in [0.717, 1.165) is 5.56 Å². The number of alkyl halides is 1. The van der Waals surface area contributed by atoms with Gasteiger partial charge in [-0.3, -0.25) is 0 Å². The lowest BCUT2D eigenvalue weighted by atomic mass is 10.2. The largest absolute Gasteiger partial charge is 0.399 e. The highest BCUT2D eigenvalue weighted by Gasteiger charge is 2.35. The van der Waals surface area contributed by atoms with Crippen molar-refractivity contribution < 1.29 is 8.42 Å². The maximum Gasteiger partial charge on any atom is 0.153 e. The number of rotatable bonds is 3. The molecule has 1 heterocycles. The molecule has 2 atom stereocenters. The molecule has 0 unspecified atom stereocenters. The quantitative estimate of drug-likeness (QED) is 0.631. The third-order valence-electron chi connectivity index (χ3n) is 2.83. The smallest absolute Gasteiger partial charge is 0.153 e. The minimum atomic E-state index is -2.97. The van der Waals surface area contributed by atoms with Crippen molar-refractivity contribution in [3.63, 3.8) is 0 Å². The monoisotopic (exact) mass is 274 g/mol. The Labute approximate surface area is 106 Å². The highest BCUT2D eigenvalue weighted by molar-refractivity contribution is 7.91. The lowest BCUT2D eigenvalue weighted by Gasteiger charge is -2.14. The lowest BCUT2D eigenvalue weighted by Crippen LogP contribution is -2.35. The van der Waals surface area contributed by atoms with Crippen LogP contribution < -0.4 is 11.1 Å². The topological polar surface area (TPSA) is 72.2 Å². The predicted octanol–water partition coefficient (Wildman–Crippen LogP) is 0.763. The van der Waals surface area contributed by atoms with Crippen molar-refractivity contribution in [2.24, 2.45) is 0 Å². The van der Waals surface area contributed by atoms with Crippen LogP contribution in [0.25, 0.3) is 0 Å². The van der Waals surface area contributed by atoms with Gasteiger partial charge in [0.2, 0.25) is 0 Å². The average Bonchev–Trinajstić information content (AvgIpc) is 2.51. The molecule has 1 aliphatic heterocycles. The Morgan fingerprint density at radius 1 is 1.29 bits per heavy atom. The van der Waals surface area contributed by atoms with Crippen molar-refractivity contribution in [2.45, 2.75) is 18.0 Å². The van der Waals surface area contributed by atoms with Crippen molar-refractivity contribution in [1.29, 1.82) is 0 Å². The van der Waals surface area contributed by atoms with E-state index in [2.05, 4.69) is 5.32 Å². The Bertz CT molecular complexity index is 487. The number of hydrogen-bond donors (Lipinski definition) is 2. The molecular weight excluding hydrogens is 260 g/mol. The maximum atomic E-state index is 11.4. The van der Waals surface area contributed by atoms with Crippen LogP contribution in [-0.4, -0.2) is 31.3 Å². The summed E-state index contributed by atoms with van der Waals surface area (Å²) in [5, 5.41) is 2.83. The number of sulfone groups is 1. The highest BCUT2D eigenvalue weighted by atomic mass is 35.5. The molecule has 1 saturated heterocycles. The van der Waals surface area contributed by atoms with Crippen LogP contribution in [0.2, 0.25) is 0 Å². The molecule has 0 aliphatic carbocycles. The van der Waals surface area contributed by atoms with E-state index in [0.29, 0.717) is 12.2 Å². The van der Waals surface area contributed by atoms with Crippen molar-refractivity contribution in [1.82, 2.24) is 5.32 Å². The molecule has 0 bridgehead atoms. The first-order chi connectivity index (χ1) is 7.96. The molecule has 1 fully saturated rings. The van der Waals surface area contributed by atoms with E-state index < -0.39 is 9.84 Å². The van der Waals surface area contributed by atoms with E-state index in [1.807, 2.05) is 24.3 Å². The van der Waals surface area contributed by atoms with Crippen LogP contribution in [0.3, 0.4) is 0 Å². The number of anilines is 1. The number of hydrogen-bond acceptors (Lipinski definition) is 4. The first-order valence-electron chi connectivity index (χ1n) is 5.38. The van der Waals surface area contributed by atoms with Crippen LogP contribution in [0.1, 0.15) is 5.56 Å². The van der Waals surface area contributed by atoms with Crippen molar-refractivity contribution in [3.8, 4) is 0 Å². The third kappa shape index (κ3) is 3.34. The van der Waals surface area contributed by atoms with Gasteiger partial charge >= 0.3 is 0 Å².